The molecular formula is C18H16FN3. The number of nitrogens with zero attached hydrogens (tertiary/aromatic N) is 3. The smallest absolute Gasteiger partial charge is 0.140 e. The highest BCUT2D eigenvalue weighted by Crippen LogP contribution is 2.31. The highest BCUT2D eigenvalue weighted by atomic mass is 19.1. The summed E-state index contributed by atoms with van der Waals surface area (Å²) in [6.07, 6.45) is 3.72. The molecule has 0 aliphatic heterocycles. The molecular weight excluding hydrogens is 277 g/mol. The molecule has 22 heavy (non-hydrogen) atoms. The van der Waals surface area contributed by atoms with Crippen LogP contribution in [-0.4, -0.2) is 9.55 Å². The molecule has 110 valence electrons. The van der Waals surface area contributed by atoms with Crippen LogP contribution in [0.3, 0.4) is 0 Å². The van der Waals surface area contributed by atoms with E-state index in [0.717, 1.165) is 22.2 Å². The lowest BCUT2D eigenvalue weighted by Gasteiger charge is -2.13. The minimum Gasteiger partial charge on any atom is -0.328 e. The van der Waals surface area contributed by atoms with Gasteiger partial charge in [-0.3, -0.25) is 0 Å². The average molecular weight is 293 g/mol. The van der Waals surface area contributed by atoms with Crippen molar-refractivity contribution in [3.63, 3.8) is 0 Å². The van der Waals surface area contributed by atoms with Gasteiger partial charge in [0, 0.05) is 24.3 Å². The monoisotopic (exact) mass is 293 g/mol. The summed E-state index contributed by atoms with van der Waals surface area (Å²) in [5.74, 6) is -0.245. The molecule has 0 fully saturated rings. The average Bonchev–Trinajstić information content (AvgIpc) is 2.89. The van der Waals surface area contributed by atoms with Crippen molar-refractivity contribution in [3.8, 4) is 6.07 Å². The second-order valence-electron chi connectivity index (χ2n) is 5.91. The van der Waals surface area contributed by atoms with Gasteiger partial charge in [-0.05, 0) is 49.2 Å². The van der Waals surface area contributed by atoms with Gasteiger partial charge in [0.05, 0.1) is 11.5 Å². The minimum atomic E-state index is -0.588. The van der Waals surface area contributed by atoms with E-state index in [2.05, 4.69) is 11.1 Å². The van der Waals surface area contributed by atoms with E-state index in [1.165, 1.54) is 12.1 Å². The molecule has 0 aliphatic rings. The lowest BCUT2D eigenvalue weighted by molar-refractivity contribution is 0.626. The summed E-state index contributed by atoms with van der Waals surface area (Å²) < 4.78 is 15.0. The number of fused-ring (bicyclic) bond motifs is 1. The van der Waals surface area contributed by atoms with Crippen LogP contribution < -0.4 is 0 Å². The summed E-state index contributed by atoms with van der Waals surface area (Å²) in [5, 5.41) is 10.4. The van der Waals surface area contributed by atoms with Crippen LogP contribution in [0, 0.1) is 17.1 Å². The predicted octanol–water partition coefficient (Wildman–Crippen LogP) is 4.02. The third-order valence-electron chi connectivity index (χ3n) is 3.85. The van der Waals surface area contributed by atoms with E-state index >= 15 is 0 Å². The lowest BCUT2D eigenvalue weighted by atomic mass is 9.86. The highest BCUT2D eigenvalue weighted by Gasteiger charge is 2.25. The topological polar surface area (TPSA) is 41.6 Å². The molecule has 1 aromatic carbocycles. The van der Waals surface area contributed by atoms with Gasteiger partial charge in [-0.15, -0.1) is 0 Å². The largest absolute Gasteiger partial charge is 0.328 e. The predicted molar refractivity (Wildman–Crippen MR) is 83.9 cm³/mol. The first kappa shape index (κ1) is 14.3. The van der Waals surface area contributed by atoms with Crippen LogP contribution in [0.5, 0.6) is 0 Å². The van der Waals surface area contributed by atoms with Gasteiger partial charge in [0.25, 0.3) is 0 Å². The number of pyridine rings is 1. The molecule has 0 saturated heterocycles. The van der Waals surface area contributed by atoms with Gasteiger partial charge < -0.3 is 4.57 Å². The van der Waals surface area contributed by atoms with Gasteiger partial charge in [-0.2, -0.15) is 5.26 Å². The van der Waals surface area contributed by atoms with Gasteiger partial charge >= 0.3 is 0 Å². The summed E-state index contributed by atoms with van der Waals surface area (Å²) in [5.41, 5.74) is 2.20. The molecule has 0 radical (unpaired) electrons. The molecule has 0 aliphatic carbocycles. The molecule has 0 spiro atoms. The number of halogens is 1. The van der Waals surface area contributed by atoms with Crippen molar-refractivity contribution >= 4 is 11.0 Å². The first-order valence-corrected chi connectivity index (χ1v) is 7.11. The molecule has 0 atom stereocenters. The maximum Gasteiger partial charge on any atom is 0.140 e. The number of nitriles is 1. The molecule has 0 saturated carbocycles. The zero-order chi connectivity index (χ0) is 15.7. The van der Waals surface area contributed by atoms with Crippen LogP contribution >= 0.6 is 0 Å². The normalized spacial score (nSPS) is 11.5. The first-order chi connectivity index (χ1) is 10.5. The number of benzene rings is 1. The van der Waals surface area contributed by atoms with E-state index in [0.29, 0.717) is 6.54 Å². The maximum absolute atomic E-state index is 13.0. The van der Waals surface area contributed by atoms with Crippen molar-refractivity contribution in [1.29, 1.82) is 5.26 Å². The Morgan fingerprint density at radius 2 is 1.95 bits per heavy atom. The van der Waals surface area contributed by atoms with E-state index in [9.17, 15) is 9.65 Å². The zero-order valence-electron chi connectivity index (χ0n) is 12.5. The zero-order valence-corrected chi connectivity index (χ0v) is 12.5. The van der Waals surface area contributed by atoms with Gasteiger partial charge in [0.15, 0.2) is 0 Å². The molecule has 0 unspecified atom stereocenters. The SMILES string of the molecule is CC(C)(C#N)c1cn(Cc2ccc(F)cc2)c2ncccc12. The van der Waals surface area contributed by atoms with Gasteiger partial charge in [0.2, 0.25) is 0 Å². The van der Waals surface area contributed by atoms with Crippen molar-refractivity contribution in [1.82, 2.24) is 9.55 Å². The molecule has 2 heterocycles. The van der Waals surface area contributed by atoms with E-state index in [1.807, 2.05) is 36.7 Å². The standard InChI is InChI=1S/C18H16FN3/c1-18(2,12-20)16-11-22(17-15(16)4-3-9-21-17)10-13-5-7-14(19)8-6-13/h3-9,11H,10H2,1-2H3. The molecule has 3 aromatic rings. The Morgan fingerprint density at radius 1 is 1.23 bits per heavy atom. The molecule has 4 heteroatoms. The molecule has 0 amide bonds. The maximum atomic E-state index is 13.0. The van der Waals surface area contributed by atoms with Gasteiger partial charge in [-0.1, -0.05) is 12.1 Å². The number of aromatic nitrogens is 2. The molecule has 2 aromatic heterocycles. The first-order valence-electron chi connectivity index (χ1n) is 7.11. The summed E-state index contributed by atoms with van der Waals surface area (Å²) >= 11 is 0. The van der Waals surface area contributed by atoms with E-state index in [-0.39, 0.29) is 5.82 Å². The van der Waals surface area contributed by atoms with Crippen LogP contribution in [0.2, 0.25) is 0 Å². The van der Waals surface area contributed by atoms with Crippen LogP contribution in [-0.2, 0) is 12.0 Å². The fraction of sp³-hybridized carbons (Fsp3) is 0.222. The quantitative estimate of drug-likeness (QED) is 0.731. The van der Waals surface area contributed by atoms with E-state index < -0.39 is 5.41 Å². The number of hydrogen-bond donors (Lipinski definition) is 0. The number of rotatable bonds is 3. The summed E-state index contributed by atoms with van der Waals surface area (Å²) in [6.45, 7) is 4.39. The summed E-state index contributed by atoms with van der Waals surface area (Å²) in [4.78, 5) is 4.44. The summed E-state index contributed by atoms with van der Waals surface area (Å²) in [6, 6.07) is 12.6. The second kappa shape index (κ2) is 5.27. The van der Waals surface area contributed by atoms with Crippen molar-refractivity contribution in [3.05, 3.63) is 65.7 Å². The Balaban J connectivity index is 2.11. The van der Waals surface area contributed by atoms with Crippen molar-refractivity contribution < 1.29 is 4.39 Å². The van der Waals surface area contributed by atoms with Crippen molar-refractivity contribution in [2.75, 3.05) is 0 Å². The van der Waals surface area contributed by atoms with Crippen molar-refractivity contribution in [2.45, 2.75) is 25.8 Å². The van der Waals surface area contributed by atoms with Crippen LogP contribution in [0.25, 0.3) is 11.0 Å². The van der Waals surface area contributed by atoms with Crippen LogP contribution in [0.1, 0.15) is 25.0 Å². The molecule has 0 N–H and O–H groups in total. The minimum absolute atomic E-state index is 0.245. The summed E-state index contributed by atoms with van der Waals surface area (Å²) in [7, 11) is 0. The van der Waals surface area contributed by atoms with Crippen LogP contribution in [0.4, 0.5) is 4.39 Å². The Kier molecular flexibility index (Phi) is 3.42. The fourth-order valence-electron chi connectivity index (χ4n) is 2.59. The molecule has 3 rings (SSSR count). The van der Waals surface area contributed by atoms with Gasteiger partial charge in [-0.25, -0.2) is 9.37 Å². The fourth-order valence-corrected chi connectivity index (χ4v) is 2.59. The van der Waals surface area contributed by atoms with E-state index in [4.69, 9.17) is 0 Å². The Bertz CT molecular complexity index is 854. The Morgan fingerprint density at radius 3 is 2.64 bits per heavy atom. The second-order valence-corrected chi connectivity index (χ2v) is 5.91. The third-order valence-corrected chi connectivity index (χ3v) is 3.85. The van der Waals surface area contributed by atoms with E-state index in [1.54, 1.807) is 18.3 Å². The van der Waals surface area contributed by atoms with Crippen LogP contribution in [0.15, 0.2) is 48.8 Å². The lowest BCUT2D eigenvalue weighted by Crippen LogP contribution is -2.13. The Labute approximate surface area is 128 Å². The third kappa shape index (κ3) is 2.46. The van der Waals surface area contributed by atoms with Gasteiger partial charge in [0.1, 0.15) is 11.5 Å². The molecule has 3 nitrogen and oxygen atoms in total. The highest BCUT2D eigenvalue weighted by molar-refractivity contribution is 5.82. The van der Waals surface area contributed by atoms with Crippen molar-refractivity contribution in [2.24, 2.45) is 0 Å². The number of hydrogen-bond acceptors (Lipinski definition) is 2. The molecule has 0 bridgehead atoms. The Hall–Kier alpha value is -2.67.